The van der Waals surface area contributed by atoms with Crippen LogP contribution in [0.3, 0.4) is 0 Å². The third-order valence-corrected chi connectivity index (χ3v) is 4.09. The number of halogens is 3. The third-order valence-electron chi connectivity index (χ3n) is 4.09. The average Bonchev–Trinajstić information content (AvgIpc) is 2.82. The maximum absolute atomic E-state index is 12.6. The molecule has 0 saturated carbocycles. The predicted molar refractivity (Wildman–Crippen MR) is 79.6 cm³/mol. The lowest BCUT2D eigenvalue weighted by Gasteiger charge is -2.35. The minimum Gasteiger partial charge on any atom is -0.378 e. The Morgan fingerprint density at radius 3 is 2.75 bits per heavy atom. The summed E-state index contributed by atoms with van der Waals surface area (Å²) in [4.78, 5) is 13.4. The zero-order valence-electron chi connectivity index (χ0n) is 13.9. The summed E-state index contributed by atoms with van der Waals surface area (Å²) >= 11 is 0. The summed E-state index contributed by atoms with van der Waals surface area (Å²) in [5.74, 6) is 0.160. The molecule has 1 aliphatic rings. The first-order chi connectivity index (χ1) is 11.2. The molecule has 2 heterocycles. The van der Waals surface area contributed by atoms with Crippen LogP contribution in [0.5, 0.6) is 0 Å². The molecule has 0 aromatic carbocycles. The van der Waals surface area contributed by atoms with E-state index in [1.807, 2.05) is 13.8 Å². The number of aromatic nitrogens is 1. The molecule has 9 heteroatoms. The van der Waals surface area contributed by atoms with E-state index in [0.29, 0.717) is 5.76 Å². The largest absolute Gasteiger partial charge is 0.401 e. The van der Waals surface area contributed by atoms with E-state index in [-0.39, 0.29) is 32.2 Å². The molecule has 1 aromatic rings. The minimum absolute atomic E-state index is 0.0401. The number of carbonyl (C=O) groups excluding carboxylic acids is 1. The van der Waals surface area contributed by atoms with Crippen LogP contribution in [0, 0.1) is 13.8 Å². The van der Waals surface area contributed by atoms with Gasteiger partial charge in [-0.3, -0.25) is 9.69 Å². The van der Waals surface area contributed by atoms with Gasteiger partial charge in [0.2, 0.25) is 5.91 Å². The van der Waals surface area contributed by atoms with Gasteiger partial charge in [0, 0.05) is 24.6 Å². The van der Waals surface area contributed by atoms with Gasteiger partial charge in [0.1, 0.15) is 11.8 Å². The molecule has 0 aliphatic carbocycles. The fourth-order valence-corrected chi connectivity index (χ4v) is 2.97. The Bertz CT molecular complexity index is 555. The van der Waals surface area contributed by atoms with E-state index in [4.69, 9.17) is 9.26 Å². The second kappa shape index (κ2) is 7.52. The smallest absolute Gasteiger partial charge is 0.378 e. The SMILES string of the molecule is Cc1noc(C)c1[C@@H](C)CNC(=O)[C@H]1COCCN1CC(F)(F)F. The van der Waals surface area contributed by atoms with Gasteiger partial charge in [-0.15, -0.1) is 0 Å². The van der Waals surface area contributed by atoms with Gasteiger partial charge in [-0.25, -0.2) is 0 Å². The second-order valence-electron chi connectivity index (χ2n) is 6.06. The highest BCUT2D eigenvalue weighted by atomic mass is 19.4. The van der Waals surface area contributed by atoms with Gasteiger partial charge in [0.15, 0.2) is 0 Å². The summed E-state index contributed by atoms with van der Waals surface area (Å²) in [5.41, 5.74) is 1.65. The average molecular weight is 349 g/mol. The van der Waals surface area contributed by atoms with Crippen LogP contribution in [-0.4, -0.2) is 61.0 Å². The van der Waals surface area contributed by atoms with Crippen molar-refractivity contribution < 1.29 is 27.2 Å². The van der Waals surface area contributed by atoms with Gasteiger partial charge < -0.3 is 14.6 Å². The zero-order valence-corrected chi connectivity index (χ0v) is 13.9. The number of nitrogens with zero attached hydrogens (tertiary/aromatic N) is 2. The number of carbonyl (C=O) groups is 1. The van der Waals surface area contributed by atoms with Gasteiger partial charge >= 0.3 is 6.18 Å². The van der Waals surface area contributed by atoms with Crippen molar-refractivity contribution in [2.75, 3.05) is 32.8 Å². The predicted octanol–water partition coefficient (Wildman–Crippen LogP) is 1.77. The molecule has 1 aliphatic heterocycles. The number of ether oxygens (including phenoxy) is 1. The summed E-state index contributed by atoms with van der Waals surface area (Å²) in [7, 11) is 0. The van der Waals surface area contributed by atoms with Crippen LogP contribution in [0.4, 0.5) is 13.2 Å². The standard InChI is InChI=1S/C15H22F3N3O3/c1-9(13-10(2)20-24-11(13)3)6-19-14(22)12-7-23-5-4-21(12)8-15(16,17)18/h9,12H,4-8H2,1-3H3,(H,19,22)/t9-,12+/m0/s1. The van der Waals surface area contributed by atoms with Crippen LogP contribution in [0.1, 0.15) is 29.9 Å². The molecule has 1 amide bonds. The Morgan fingerprint density at radius 2 is 2.17 bits per heavy atom. The first-order valence-corrected chi connectivity index (χ1v) is 7.78. The molecule has 0 unspecified atom stereocenters. The second-order valence-corrected chi connectivity index (χ2v) is 6.06. The molecular weight excluding hydrogens is 327 g/mol. The number of aryl methyl sites for hydroxylation is 2. The van der Waals surface area contributed by atoms with E-state index in [1.54, 1.807) is 6.92 Å². The van der Waals surface area contributed by atoms with Crippen LogP contribution in [0.25, 0.3) is 0 Å². The van der Waals surface area contributed by atoms with E-state index in [9.17, 15) is 18.0 Å². The quantitative estimate of drug-likeness (QED) is 0.878. The van der Waals surface area contributed by atoms with Crippen molar-refractivity contribution in [1.29, 1.82) is 0 Å². The van der Waals surface area contributed by atoms with Crippen molar-refractivity contribution in [3.05, 3.63) is 17.0 Å². The van der Waals surface area contributed by atoms with E-state index in [2.05, 4.69) is 10.5 Å². The summed E-state index contributed by atoms with van der Waals surface area (Å²) in [5, 5.41) is 6.58. The lowest BCUT2D eigenvalue weighted by molar-refractivity contribution is -0.166. The van der Waals surface area contributed by atoms with E-state index >= 15 is 0 Å². The van der Waals surface area contributed by atoms with Gasteiger partial charge in [-0.1, -0.05) is 12.1 Å². The molecule has 1 saturated heterocycles. The Kier molecular flexibility index (Phi) is 5.87. The summed E-state index contributed by atoms with van der Waals surface area (Å²) in [6, 6.07) is -0.933. The number of rotatable bonds is 5. The summed E-state index contributed by atoms with van der Waals surface area (Å²) < 4.78 is 48.2. The molecule has 24 heavy (non-hydrogen) atoms. The Morgan fingerprint density at radius 1 is 1.46 bits per heavy atom. The minimum atomic E-state index is -4.35. The fourth-order valence-electron chi connectivity index (χ4n) is 2.97. The van der Waals surface area contributed by atoms with Crippen molar-refractivity contribution in [3.8, 4) is 0 Å². The number of hydrogen-bond donors (Lipinski definition) is 1. The first kappa shape index (κ1) is 18.7. The molecule has 0 radical (unpaired) electrons. The van der Waals surface area contributed by atoms with E-state index in [0.717, 1.165) is 16.2 Å². The highest BCUT2D eigenvalue weighted by Gasteiger charge is 2.38. The molecule has 1 N–H and O–H groups in total. The normalized spacial score (nSPS) is 20.8. The monoisotopic (exact) mass is 349 g/mol. The molecule has 1 fully saturated rings. The molecule has 1 aromatic heterocycles. The van der Waals surface area contributed by atoms with Crippen molar-refractivity contribution in [2.24, 2.45) is 0 Å². The molecular formula is C15H22F3N3O3. The van der Waals surface area contributed by atoms with Gasteiger partial charge in [0.05, 0.1) is 25.5 Å². The number of morpholine rings is 1. The zero-order chi connectivity index (χ0) is 17.9. The van der Waals surface area contributed by atoms with Gasteiger partial charge in [-0.2, -0.15) is 13.2 Å². The Labute approximate surface area is 138 Å². The van der Waals surface area contributed by atoms with Crippen LogP contribution >= 0.6 is 0 Å². The molecule has 6 nitrogen and oxygen atoms in total. The number of amides is 1. The van der Waals surface area contributed by atoms with Crippen molar-refractivity contribution >= 4 is 5.91 Å². The number of nitrogens with one attached hydrogen (secondary N) is 1. The maximum atomic E-state index is 12.6. The number of alkyl halides is 3. The topological polar surface area (TPSA) is 67.6 Å². The van der Waals surface area contributed by atoms with E-state index < -0.39 is 24.7 Å². The lowest BCUT2D eigenvalue weighted by atomic mass is 9.99. The fraction of sp³-hybridized carbons (Fsp3) is 0.733. The molecule has 0 bridgehead atoms. The van der Waals surface area contributed by atoms with Crippen LogP contribution in [-0.2, 0) is 9.53 Å². The molecule has 0 spiro atoms. The van der Waals surface area contributed by atoms with Crippen molar-refractivity contribution in [2.45, 2.75) is 38.9 Å². The summed E-state index contributed by atoms with van der Waals surface area (Å²) in [6.07, 6.45) is -4.35. The van der Waals surface area contributed by atoms with Crippen LogP contribution < -0.4 is 5.32 Å². The highest BCUT2D eigenvalue weighted by Crippen LogP contribution is 2.23. The third kappa shape index (κ3) is 4.70. The van der Waals surface area contributed by atoms with Crippen LogP contribution in [0.2, 0.25) is 0 Å². The lowest BCUT2D eigenvalue weighted by Crippen LogP contribution is -2.56. The van der Waals surface area contributed by atoms with Crippen molar-refractivity contribution in [1.82, 2.24) is 15.4 Å². The van der Waals surface area contributed by atoms with Crippen molar-refractivity contribution in [3.63, 3.8) is 0 Å². The van der Waals surface area contributed by atoms with E-state index in [1.165, 1.54) is 0 Å². The van der Waals surface area contributed by atoms with Gasteiger partial charge in [0.25, 0.3) is 0 Å². The Balaban J connectivity index is 1.95. The van der Waals surface area contributed by atoms with Crippen LogP contribution in [0.15, 0.2) is 4.52 Å². The van der Waals surface area contributed by atoms with Gasteiger partial charge in [-0.05, 0) is 13.8 Å². The number of hydrogen-bond acceptors (Lipinski definition) is 5. The molecule has 2 atom stereocenters. The maximum Gasteiger partial charge on any atom is 0.401 e. The Hall–Kier alpha value is -1.61. The summed E-state index contributed by atoms with van der Waals surface area (Å²) in [6.45, 7) is 4.90. The highest BCUT2D eigenvalue weighted by molar-refractivity contribution is 5.82. The molecule has 2 rings (SSSR count). The first-order valence-electron chi connectivity index (χ1n) is 7.78. The molecule has 136 valence electrons.